The number of carbonyl (C=O) groups excluding carboxylic acids is 2. The molecular weight excluding hydrogens is 156 g/mol. The molecule has 0 bridgehead atoms. The summed E-state index contributed by atoms with van der Waals surface area (Å²) in [5, 5.41) is 4.96. The van der Waals surface area contributed by atoms with E-state index >= 15 is 0 Å². The van der Waals surface area contributed by atoms with Crippen molar-refractivity contribution in [2.45, 2.75) is 13.8 Å². The Morgan fingerprint density at radius 3 is 2.50 bits per heavy atom. The lowest BCUT2D eigenvalue weighted by Gasteiger charge is -1.92. The average Bonchev–Trinajstić information content (AvgIpc) is 1.98. The molecule has 0 radical (unpaired) electrons. The Morgan fingerprint density at radius 2 is 2.00 bits per heavy atom. The molecule has 0 aromatic heterocycles. The molecule has 0 fully saturated rings. The standard InChI is InChI=1S/C8H12N2O2/c1-3-9-8(12)5-4-6-10-7(2)11/h3,6H2,1-2H3,(H,9,12)(H,10,11). The van der Waals surface area contributed by atoms with Gasteiger partial charge in [-0.25, -0.2) is 0 Å². The molecule has 2 amide bonds. The first-order chi connectivity index (χ1) is 5.66. The van der Waals surface area contributed by atoms with E-state index in [1.165, 1.54) is 6.92 Å². The normalized spacial score (nSPS) is 7.83. The molecule has 0 saturated carbocycles. The average molecular weight is 168 g/mol. The first-order valence-electron chi connectivity index (χ1n) is 3.68. The molecule has 0 saturated heterocycles. The smallest absolute Gasteiger partial charge is 0.295 e. The van der Waals surface area contributed by atoms with Gasteiger partial charge in [-0.15, -0.1) is 0 Å². The third-order valence-electron chi connectivity index (χ3n) is 0.965. The highest BCUT2D eigenvalue weighted by Gasteiger charge is 1.89. The van der Waals surface area contributed by atoms with Crippen LogP contribution in [0.15, 0.2) is 0 Å². The Hall–Kier alpha value is -1.50. The van der Waals surface area contributed by atoms with Gasteiger partial charge in [0.05, 0.1) is 6.54 Å². The molecule has 0 aliphatic carbocycles. The van der Waals surface area contributed by atoms with Crippen LogP contribution in [-0.4, -0.2) is 24.9 Å². The predicted octanol–water partition coefficient (Wildman–Crippen LogP) is -0.738. The van der Waals surface area contributed by atoms with E-state index in [1.54, 1.807) is 0 Å². The van der Waals surface area contributed by atoms with Crippen molar-refractivity contribution in [3.8, 4) is 11.8 Å². The molecule has 66 valence electrons. The summed E-state index contributed by atoms with van der Waals surface area (Å²) in [6, 6.07) is 0. The second-order valence-electron chi connectivity index (χ2n) is 2.07. The third kappa shape index (κ3) is 6.62. The molecule has 4 nitrogen and oxygen atoms in total. The van der Waals surface area contributed by atoms with Gasteiger partial charge in [-0.2, -0.15) is 0 Å². The molecule has 0 aliphatic rings. The van der Waals surface area contributed by atoms with Crippen LogP contribution in [0.3, 0.4) is 0 Å². The van der Waals surface area contributed by atoms with Crippen molar-refractivity contribution >= 4 is 11.8 Å². The van der Waals surface area contributed by atoms with Gasteiger partial charge in [0.15, 0.2) is 0 Å². The van der Waals surface area contributed by atoms with E-state index in [2.05, 4.69) is 22.5 Å². The van der Waals surface area contributed by atoms with Gasteiger partial charge in [-0.05, 0) is 12.8 Å². The largest absolute Gasteiger partial charge is 0.346 e. The maximum absolute atomic E-state index is 10.7. The fourth-order valence-electron chi connectivity index (χ4n) is 0.498. The molecule has 0 spiro atoms. The number of amides is 2. The summed E-state index contributed by atoms with van der Waals surface area (Å²) in [5.41, 5.74) is 0. The lowest BCUT2D eigenvalue weighted by atomic mass is 10.5. The molecule has 0 rings (SSSR count). The van der Waals surface area contributed by atoms with Gasteiger partial charge >= 0.3 is 0 Å². The summed E-state index contributed by atoms with van der Waals surface area (Å²) in [6.07, 6.45) is 0. The fourth-order valence-corrected chi connectivity index (χ4v) is 0.498. The monoisotopic (exact) mass is 168 g/mol. The summed E-state index contributed by atoms with van der Waals surface area (Å²) in [4.78, 5) is 21.0. The maximum atomic E-state index is 10.7. The number of rotatable bonds is 2. The number of carbonyl (C=O) groups is 2. The van der Waals surface area contributed by atoms with Crippen LogP contribution in [0.5, 0.6) is 0 Å². The molecule has 0 aromatic carbocycles. The van der Waals surface area contributed by atoms with E-state index in [0.29, 0.717) is 6.54 Å². The van der Waals surface area contributed by atoms with Crippen LogP contribution in [0.1, 0.15) is 13.8 Å². The Balaban J connectivity index is 3.58. The van der Waals surface area contributed by atoms with Crippen molar-refractivity contribution in [1.29, 1.82) is 0 Å². The SMILES string of the molecule is CCNC(=O)C#CCNC(C)=O. The van der Waals surface area contributed by atoms with Gasteiger partial charge in [0.1, 0.15) is 0 Å². The van der Waals surface area contributed by atoms with E-state index in [-0.39, 0.29) is 18.4 Å². The minimum Gasteiger partial charge on any atom is -0.346 e. The highest BCUT2D eigenvalue weighted by atomic mass is 16.2. The van der Waals surface area contributed by atoms with Crippen molar-refractivity contribution in [2.24, 2.45) is 0 Å². The molecule has 12 heavy (non-hydrogen) atoms. The first kappa shape index (κ1) is 10.5. The first-order valence-corrected chi connectivity index (χ1v) is 3.68. The minimum atomic E-state index is -0.317. The third-order valence-corrected chi connectivity index (χ3v) is 0.965. The Kier molecular flexibility index (Phi) is 5.45. The molecule has 0 heterocycles. The number of nitrogens with one attached hydrogen (secondary N) is 2. The molecule has 4 heteroatoms. The van der Waals surface area contributed by atoms with E-state index in [0.717, 1.165) is 0 Å². The van der Waals surface area contributed by atoms with Gasteiger partial charge < -0.3 is 10.6 Å². The van der Waals surface area contributed by atoms with E-state index in [4.69, 9.17) is 0 Å². The lowest BCUT2D eigenvalue weighted by Crippen LogP contribution is -2.22. The van der Waals surface area contributed by atoms with Gasteiger partial charge in [-0.3, -0.25) is 9.59 Å². The summed E-state index contributed by atoms with van der Waals surface area (Å²) in [6.45, 7) is 3.99. The van der Waals surface area contributed by atoms with E-state index < -0.39 is 0 Å². The van der Waals surface area contributed by atoms with Crippen LogP contribution >= 0.6 is 0 Å². The summed E-state index contributed by atoms with van der Waals surface area (Å²) in [7, 11) is 0. The van der Waals surface area contributed by atoms with Gasteiger partial charge in [-0.1, -0.05) is 5.92 Å². The van der Waals surface area contributed by atoms with Crippen LogP contribution in [0.25, 0.3) is 0 Å². The lowest BCUT2D eigenvalue weighted by molar-refractivity contribution is -0.119. The maximum Gasteiger partial charge on any atom is 0.295 e. The zero-order valence-corrected chi connectivity index (χ0v) is 7.23. The summed E-state index contributed by atoms with van der Waals surface area (Å²) in [5.74, 6) is 4.36. The topological polar surface area (TPSA) is 58.2 Å². The predicted molar refractivity (Wildman–Crippen MR) is 45.1 cm³/mol. The quantitative estimate of drug-likeness (QED) is 0.534. The van der Waals surface area contributed by atoms with Crippen LogP contribution in [-0.2, 0) is 9.59 Å². The van der Waals surface area contributed by atoms with Crippen molar-refractivity contribution in [1.82, 2.24) is 10.6 Å². The second kappa shape index (κ2) is 6.23. The van der Waals surface area contributed by atoms with Crippen molar-refractivity contribution in [3.63, 3.8) is 0 Å². The molecule has 2 N–H and O–H groups in total. The van der Waals surface area contributed by atoms with Crippen molar-refractivity contribution in [2.75, 3.05) is 13.1 Å². The van der Waals surface area contributed by atoms with Crippen LogP contribution in [0, 0.1) is 11.8 Å². The van der Waals surface area contributed by atoms with Gasteiger partial charge in [0, 0.05) is 13.5 Å². The minimum absolute atomic E-state index is 0.153. The molecule has 0 atom stereocenters. The highest BCUT2D eigenvalue weighted by molar-refractivity contribution is 5.93. The van der Waals surface area contributed by atoms with Crippen LogP contribution in [0.2, 0.25) is 0 Å². The van der Waals surface area contributed by atoms with Crippen LogP contribution in [0.4, 0.5) is 0 Å². The zero-order valence-electron chi connectivity index (χ0n) is 7.23. The van der Waals surface area contributed by atoms with E-state index in [9.17, 15) is 9.59 Å². The van der Waals surface area contributed by atoms with Crippen molar-refractivity contribution < 1.29 is 9.59 Å². The molecule has 0 aliphatic heterocycles. The Morgan fingerprint density at radius 1 is 1.33 bits per heavy atom. The zero-order chi connectivity index (χ0) is 9.40. The number of hydrogen-bond donors (Lipinski definition) is 2. The Bertz CT molecular complexity index is 225. The summed E-state index contributed by atoms with van der Waals surface area (Å²) >= 11 is 0. The fraction of sp³-hybridized carbons (Fsp3) is 0.500. The second-order valence-corrected chi connectivity index (χ2v) is 2.07. The highest BCUT2D eigenvalue weighted by Crippen LogP contribution is 1.62. The summed E-state index contributed by atoms with van der Waals surface area (Å²) < 4.78 is 0. The van der Waals surface area contributed by atoms with Gasteiger partial charge in [0.2, 0.25) is 5.91 Å². The number of hydrogen-bond acceptors (Lipinski definition) is 2. The van der Waals surface area contributed by atoms with Crippen LogP contribution < -0.4 is 10.6 Å². The Labute approximate surface area is 71.7 Å². The molecule has 0 aromatic rings. The molecular formula is C8H12N2O2. The van der Waals surface area contributed by atoms with Gasteiger partial charge in [0.25, 0.3) is 5.91 Å². The van der Waals surface area contributed by atoms with E-state index in [1.807, 2.05) is 6.92 Å². The molecule has 0 unspecified atom stereocenters. The van der Waals surface area contributed by atoms with Crippen molar-refractivity contribution in [3.05, 3.63) is 0 Å².